The van der Waals surface area contributed by atoms with E-state index in [1.807, 2.05) is 31.2 Å². The highest BCUT2D eigenvalue weighted by Crippen LogP contribution is 2.29. The molecule has 3 nitrogen and oxygen atoms in total. The Balaban J connectivity index is 2.05. The van der Waals surface area contributed by atoms with Crippen LogP contribution in [0.25, 0.3) is 0 Å². The van der Waals surface area contributed by atoms with Crippen molar-refractivity contribution < 1.29 is 9.53 Å². The number of halogens is 1. The molecule has 104 valence electrons. The van der Waals surface area contributed by atoms with Crippen LogP contribution in [0.2, 0.25) is 0 Å². The van der Waals surface area contributed by atoms with E-state index in [0.29, 0.717) is 12.6 Å². The van der Waals surface area contributed by atoms with E-state index in [2.05, 4.69) is 20.8 Å². The molecule has 2 rings (SSSR count). The van der Waals surface area contributed by atoms with Crippen LogP contribution in [-0.4, -0.2) is 43.0 Å². The summed E-state index contributed by atoms with van der Waals surface area (Å²) < 4.78 is 6.14. The maximum absolute atomic E-state index is 12.5. The van der Waals surface area contributed by atoms with E-state index in [-0.39, 0.29) is 11.8 Å². The van der Waals surface area contributed by atoms with Crippen LogP contribution in [0.4, 0.5) is 0 Å². The number of ether oxygens (including phenoxy) is 1. The topological polar surface area (TPSA) is 29.5 Å². The van der Waals surface area contributed by atoms with Gasteiger partial charge < -0.3 is 4.74 Å². The second-order valence-corrected chi connectivity index (χ2v) is 5.92. The van der Waals surface area contributed by atoms with Crippen molar-refractivity contribution in [1.29, 1.82) is 0 Å². The van der Waals surface area contributed by atoms with E-state index >= 15 is 0 Å². The van der Waals surface area contributed by atoms with Crippen molar-refractivity contribution in [2.75, 3.05) is 20.3 Å². The van der Waals surface area contributed by atoms with E-state index in [9.17, 15) is 4.79 Å². The molecule has 0 aliphatic heterocycles. The summed E-state index contributed by atoms with van der Waals surface area (Å²) in [6.07, 6.45) is 2.39. The van der Waals surface area contributed by atoms with Crippen molar-refractivity contribution in [3.8, 4) is 0 Å². The van der Waals surface area contributed by atoms with Crippen molar-refractivity contribution in [1.82, 2.24) is 4.90 Å². The molecule has 0 N–H and O–H groups in total. The van der Waals surface area contributed by atoms with Gasteiger partial charge in [0.25, 0.3) is 0 Å². The average Bonchev–Trinajstić information content (AvgIpc) is 3.23. The Morgan fingerprint density at radius 2 is 2.05 bits per heavy atom. The van der Waals surface area contributed by atoms with Crippen LogP contribution in [0, 0.1) is 0 Å². The van der Waals surface area contributed by atoms with Gasteiger partial charge in [0, 0.05) is 29.7 Å². The number of carbonyl (C=O) groups is 1. The fourth-order valence-electron chi connectivity index (χ4n) is 2.30. The van der Waals surface area contributed by atoms with Gasteiger partial charge in [-0.1, -0.05) is 28.1 Å². The van der Waals surface area contributed by atoms with Gasteiger partial charge in [-0.2, -0.15) is 0 Å². The molecule has 0 bridgehead atoms. The molecular weight excluding hydrogens is 306 g/mol. The van der Waals surface area contributed by atoms with Gasteiger partial charge in [0.1, 0.15) is 0 Å². The van der Waals surface area contributed by atoms with Crippen molar-refractivity contribution in [2.24, 2.45) is 0 Å². The predicted molar refractivity (Wildman–Crippen MR) is 79.5 cm³/mol. The quantitative estimate of drug-likeness (QED) is 0.721. The number of ketones is 1. The Morgan fingerprint density at radius 1 is 1.42 bits per heavy atom. The molecular formula is C15H20BrNO2. The van der Waals surface area contributed by atoms with Crippen LogP contribution in [-0.2, 0) is 4.74 Å². The number of carbonyl (C=O) groups excluding carboxylic acids is 1. The van der Waals surface area contributed by atoms with Gasteiger partial charge in [-0.15, -0.1) is 0 Å². The van der Waals surface area contributed by atoms with Gasteiger partial charge in [-0.3, -0.25) is 9.69 Å². The highest BCUT2D eigenvalue weighted by molar-refractivity contribution is 9.10. The van der Waals surface area contributed by atoms with Crippen molar-refractivity contribution in [3.63, 3.8) is 0 Å². The summed E-state index contributed by atoms with van der Waals surface area (Å²) in [5.74, 6) is 0.190. The fraction of sp³-hybridized carbons (Fsp3) is 0.533. The Morgan fingerprint density at radius 3 is 2.58 bits per heavy atom. The molecule has 1 aromatic rings. The largest absolute Gasteiger partial charge is 0.383 e. The zero-order valence-electron chi connectivity index (χ0n) is 11.4. The molecule has 0 amide bonds. The molecule has 0 heterocycles. The molecule has 1 aliphatic rings. The van der Waals surface area contributed by atoms with E-state index in [0.717, 1.165) is 16.6 Å². The normalized spacial score (nSPS) is 16.6. The maximum atomic E-state index is 12.5. The van der Waals surface area contributed by atoms with Crippen molar-refractivity contribution in [2.45, 2.75) is 31.8 Å². The third-order valence-corrected chi connectivity index (χ3v) is 4.10. The number of hydrogen-bond donors (Lipinski definition) is 0. The first kappa shape index (κ1) is 14.7. The number of methoxy groups -OCH3 is 1. The number of rotatable bonds is 7. The number of hydrogen-bond acceptors (Lipinski definition) is 3. The number of Topliss-reactive ketones (excluding diaryl/α,β-unsaturated/α-hetero) is 1. The second-order valence-electron chi connectivity index (χ2n) is 5.01. The Hall–Kier alpha value is -0.710. The van der Waals surface area contributed by atoms with E-state index in [1.165, 1.54) is 12.8 Å². The molecule has 0 aromatic heterocycles. The molecule has 1 aliphatic carbocycles. The third kappa shape index (κ3) is 3.88. The molecule has 0 saturated heterocycles. The van der Waals surface area contributed by atoms with Crippen LogP contribution < -0.4 is 0 Å². The van der Waals surface area contributed by atoms with E-state index in [1.54, 1.807) is 7.11 Å². The maximum Gasteiger partial charge on any atom is 0.179 e. The third-order valence-electron chi connectivity index (χ3n) is 3.58. The zero-order valence-corrected chi connectivity index (χ0v) is 13.0. The molecule has 0 radical (unpaired) electrons. The van der Waals surface area contributed by atoms with Crippen LogP contribution in [0.3, 0.4) is 0 Å². The van der Waals surface area contributed by atoms with Gasteiger partial charge in [-0.25, -0.2) is 0 Å². The lowest BCUT2D eigenvalue weighted by molar-refractivity contribution is 0.0758. The molecule has 19 heavy (non-hydrogen) atoms. The lowest BCUT2D eigenvalue weighted by Gasteiger charge is -2.27. The first-order valence-electron chi connectivity index (χ1n) is 6.68. The predicted octanol–water partition coefficient (Wildman–Crippen LogP) is 3.13. The molecule has 1 saturated carbocycles. The van der Waals surface area contributed by atoms with Gasteiger partial charge in [0.2, 0.25) is 0 Å². The minimum absolute atomic E-state index is 0.0798. The lowest BCUT2D eigenvalue weighted by atomic mass is 10.0. The first-order chi connectivity index (χ1) is 9.13. The smallest absolute Gasteiger partial charge is 0.179 e. The molecule has 4 heteroatoms. The van der Waals surface area contributed by atoms with Gasteiger partial charge in [0.15, 0.2) is 5.78 Å². The van der Waals surface area contributed by atoms with Gasteiger partial charge in [0.05, 0.1) is 12.6 Å². The Kier molecular flexibility index (Phi) is 5.13. The molecule has 1 unspecified atom stereocenters. The summed E-state index contributed by atoms with van der Waals surface area (Å²) in [4.78, 5) is 14.8. The fourth-order valence-corrected chi connectivity index (χ4v) is 2.57. The SMILES string of the molecule is COCCN(C1CC1)C(C)C(=O)c1ccc(Br)cc1. The summed E-state index contributed by atoms with van der Waals surface area (Å²) in [6, 6.07) is 8.07. The summed E-state index contributed by atoms with van der Waals surface area (Å²) in [7, 11) is 1.70. The summed E-state index contributed by atoms with van der Waals surface area (Å²) in [5.41, 5.74) is 0.777. The first-order valence-corrected chi connectivity index (χ1v) is 7.47. The van der Waals surface area contributed by atoms with E-state index in [4.69, 9.17) is 4.74 Å². The Bertz CT molecular complexity index is 428. The number of benzene rings is 1. The monoisotopic (exact) mass is 325 g/mol. The minimum atomic E-state index is -0.0798. The average molecular weight is 326 g/mol. The summed E-state index contributed by atoms with van der Waals surface area (Å²) in [5, 5.41) is 0. The van der Waals surface area contributed by atoms with Crippen LogP contribution in [0.5, 0.6) is 0 Å². The van der Waals surface area contributed by atoms with Crippen LogP contribution in [0.1, 0.15) is 30.1 Å². The van der Waals surface area contributed by atoms with Gasteiger partial charge in [-0.05, 0) is 31.9 Å². The second kappa shape index (κ2) is 6.64. The van der Waals surface area contributed by atoms with Gasteiger partial charge >= 0.3 is 0 Å². The minimum Gasteiger partial charge on any atom is -0.383 e. The summed E-state index contributed by atoms with van der Waals surface area (Å²) in [6.45, 7) is 3.50. The Labute approximate surface area is 123 Å². The van der Waals surface area contributed by atoms with E-state index < -0.39 is 0 Å². The highest BCUT2D eigenvalue weighted by Gasteiger charge is 2.34. The molecule has 1 atom stereocenters. The highest BCUT2D eigenvalue weighted by atomic mass is 79.9. The lowest BCUT2D eigenvalue weighted by Crippen LogP contribution is -2.42. The molecule has 0 spiro atoms. The number of nitrogens with zero attached hydrogens (tertiary/aromatic N) is 1. The zero-order chi connectivity index (χ0) is 13.8. The summed E-state index contributed by atoms with van der Waals surface area (Å²) >= 11 is 3.39. The molecule has 1 fully saturated rings. The standard InChI is InChI=1S/C15H20BrNO2/c1-11(17(9-10-19-2)14-7-8-14)15(18)12-3-5-13(16)6-4-12/h3-6,11,14H,7-10H2,1-2H3. The van der Waals surface area contributed by atoms with Crippen molar-refractivity contribution >= 4 is 21.7 Å². The van der Waals surface area contributed by atoms with Crippen LogP contribution in [0.15, 0.2) is 28.7 Å². The van der Waals surface area contributed by atoms with Crippen molar-refractivity contribution in [3.05, 3.63) is 34.3 Å². The van der Waals surface area contributed by atoms with Crippen LogP contribution >= 0.6 is 15.9 Å². The molecule has 1 aromatic carbocycles.